The summed E-state index contributed by atoms with van der Waals surface area (Å²) >= 11 is 0. The zero-order valence-electron chi connectivity index (χ0n) is 12.4. The Morgan fingerprint density at radius 2 is 1.00 bits per heavy atom. The summed E-state index contributed by atoms with van der Waals surface area (Å²) in [5.41, 5.74) is 0. The molecule has 0 aromatic heterocycles. The molecule has 0 fully saturated rings. The maximum atomic E-state index is 10.0. The van der Waals surface area contributed by atoms with Gasteiger partial charge in [0.25, 0.3) is 0 Å². The van der Waals surface area contributed by atoms with Crippen molar-refractivity contribution in [1.82, 2.24) is 0 Å². The molecule has 6 nitrogen and oxygen atoms in total. The van der Waals surface area contributed by atoms with Gasteiger partial charge < -0.3 is 19.7 Å². The van der Waals surface area contributed by atoms with E-state index in [4.69, 9.17) is 19.7 Å². The minimum absolute atomic E-state index is 0. The number of para-hydroxylation sites is 2. The average molecular weight is 417 g/mol. The molecule has 0 amide bonds. The van der Waals surface area contributed by atoms with Crippen molar-refractivity contribution in [2.75, 3.05) is 13.2 Å². The van der Waals surface area contributed by atoms with E-state index < -0.39 is 11.9 Å². The minimum atomic E-state index is -0.964. The molecule has 2 rings (SSSR count). The van der Waals surface area contributed by atoms with Gasteiger partial charge in [-0.05, 0) is 24.3 Å². The Morgan fingerprint density at radius 1 is 0.696 bits per heavy atom. The van der Waals surface area contributed by atoms with Gasteiger partial charge in [-0.2, -0.15) is 0 Å². The van der Waals surface area contributed by atoms with E-state index in [9.17, 15) is 9.59 Å². The van der Waals surface area contributed by atoms with Gasteiger partial charge in [-0.15, -0.1) is 0 Å². The standard InChI is InChI=1S/2C8H8O3.Cd/c2*9-8(10)6-11-7-4-2-1-3-5-7;/h2*1-5H,6H2,(H,9,10);. The summed E-state index contributed by atoms with van der Waals surface area (Å²) in [5, 5.41) is 16.5. The summed E-state index contributed by atoms with van der Waals surface area (Å²) < 4.78 is 9.74. The van der Waals surface area contributed by atoms with Gasteiger partial charge in [0, 0.05) is 27.3 Å². The van der Waals surface area contributed by atoms with Crippen molar-refractivity contribution >= 4 is 11.9 Å². The Kier molecular flexibility index (Phi) is 11.3. The number of hydrogen-bond acceptors (Lipinski definition) is 4. The minimum Gasteiger partial charge on any atom is -0.482 e. The smallest absolute Gasteiger partial charge is 0.341 e. The largest absolute Gasteiger partial charge is 0.482 e. The molecule has 0 unspecified atom stereocenters. The fourth-order valence-corrected chi connectivity index (χ4v) is 1.32. The Hall–Kier alpha value is -2.10. The molecule has 7 heteroatoms. The Bertz CT molecular complexity index is 520. The molecule has 0 aliphatic carbocycles. The fraction of sp³-hybridized carbons (Fsp3) is 0.125. The van der Waals surface area contributed by atoms with E-state index in [-0.39, 0.29) is 40.5 Å². The summed E-state index contributed by atoms with van der Waals surface area (Å²) in [6.45, 7) is -0.575. The van der Waals surface area contributed by atoms with Crippen LogP contribution in [0.5, 0.6) is 11.5 Å². The molecule has 0 atom stereocenters. The zero-order valence-corrected chi connectivity index (χ0v) is 16.5. The first kappa shape index (κ1) is 20.9. The first-order valence-electron chi connectivity index (χ1n) is 6.37. The number of rotatable bonds is 6. The normalized spacial score (nSPS) is 8.70. The number of hydrogen-bond donors (Lipinski definition) is 2. The average Bonchev–Trinajstić information content (AvgIpc) is 2.53. The Morgan fingerprint density at radius 3 is 1.26 bits per heavy atom. The SMILES string of the molecule is O=C(O)COc1ccccc1.O=C(O)COc1ccccc1.[Cd]. The van der Waals surface area contributed by atoms with Crippen LogP contribution in [0.4, 0.5) is 0 Å². The predicted octanol–water partition coefficient (Wildman–Crippen LogP) is 2.30. The number of ether oxygens (including phenoxy) is 2. The first-order valence-corrected chi connectivity index (χ1v) is 6.37. The quantitative estimate of drug-likeness (QED) is 0.702. The maximum absolute atomic E-state index is 10.0. The number of aliphatic carboxylic acids is 2. The van der Waals surface area contributed by atoms with Crippen LogP contribution in [-0.2, 0) is 36.9 Å². The van der Waals surface area contributed by atoms with Crippen molar-refractivity contribution in [2.24, 2.45) is 0 Å². The number of carboxylic acid groups (broad SMARTS) is 2. The van der Waals surface area contributed by atoms with Gasteiger partial charge in [-0.1, -0.05) is 36.4 Å². The number of carboxylic acids is 2. The summed E-state index contributed by atoms with van der Waals surface area (Å²) in [5.74, 6) is -0.771. The van der Waals surface area contributed by atoms with Gasteiger partial charge >= 0.3 is 11.9 Å². The summed E-state index contributed by atoms with van der Waals surface area (Å²) in [4.78, 5) is 20.1. The maximum Gasteiger partial charge on any atom is 0.341 e. The monoisotopic (exact) mass is 418 g/mol. The molecule has 2 aromatic rings. The summed E-state index contributed by atoms with van der Waals surface area (Å²) in [6, 6.07) is 17.7. The molecule has 2 N–H and O–H groups in total. The molecule has 0 bridgehead atoms. The molecule has 0 saturated carbocycles. The van der Waals surface area contributed by atoms with E-state index in [0.717, 1.165) is 0 Å². The van der Waals surface area contributed by atoms with Crippen LogP contribution in [0.25, 0.3) is 0 Å². The van der Waals surface area contributed by atoms with Crippen LogP contribution in [0.15, 0.2) is 60.7 Å². The third kappa shape index (κ3) is 11.2. The van der Waals surface area contributed by atoms with E-state index >= 15 is 0 Å². The Balaban J connectivity index is 0.000000403. The van der Waals surface area contributed by atoms with Crippen LogP contribution in [0.1, 0.15) is 0 Å². The molecular formula is C16H16CdO6. The number of carbonyl (C=O) groups is 2. The second kappa shape index (κ2) is 12.4. The van der Waals surface area contributed by atoms with Crippen molar-refractivity contribution in [3.05, 3.63) is 60.7 Å². The molecular weight excluding hydrogens is 401 g/mol. The second-order valence-electron chi connectivity index (χ2n) is 3.99. The third-order valence-corrected chi connectivity index (χ3v) is 2.21. The van der Waals surface area contributed by atoms with Crippen LogP contribution in [0.3, 0.4) is 0 Å². The van der Waals surface area contributed by atoms with Crippen molar-refractivity contribution in [1.29, 1.82) is 0 Å². The van der Waals surface area contributed by atoms with Gasteiger partial charge in [0.05, 0.1) is 0 Å². The molecule has 118 valence electrons. The molecule has 23 heavy (non-hydrogen) atoms. The molecule has 0 saturated heterocycles. The van der Waals surface area contributed by atoms with E-state index in [1.165, 1.54) is 0 Å². The van der Waals surface area contributed by atoms with E-state index in [1.54, 1.807) is 48.5 Å². The van der Waals surface area contributed by atoms with Crippen molar-refractivity contribution in [3.8, 4) is 11.5 Å². The molecule has 0 radical (unpaired) electrons. The molecule has 0 heterocycles. The first-order chi connectivity index (χ1) is 10.6. The fourth-order valence-electron chi connectivity index (χ4n) is 1.32. The van der Waals surface area contributed by atoms with Crippen LogP contribution in [-0.4, -0.2) is 35.4 Å². The summed E-state index contributed by atoms with van der Waals surface area (Å²) in [7, 11) is 0. The van der Waals surface area contributed by atoms with Crippen molar-refractivity contribution < 1.29 is 56.6 Å². The van der Waals surface area contributed by atoms with Gasteiger partial charge in [-0.25, -0.2) is 9.59 Å². The molecule has 0 spiro atoms. The van der Waals surface area contributed by atoms with Gasteiger partial charge in [0.15, 0.2) is 13.2 Å². The van der Waals surface area contributed by atoms with E-state index in [0.29, 0.717) is 11.5 Å². The molecule has 2 aromatic carbocycles. The zero-order chi connectivity index (χ0) is 16.2. The van der Waals surface area contributed by atoms with Gasteiger partial charge in [-0.3, -0.25) is 0 Å². The van der Waals surface area contributed by atoms with Gasteiger partial charge in [0.2, 0.25) is 0 Å². The number of benzene rings is 2. The van der Waals surface area contributed by atoms with Crippen LogP contribution in [0, 0.1) is 0 Å². The van der Waals surface area contributed by atoms with Crippen molar-refractivity contribution in [2.45, 2.75) is 0 Å². The second-order valence-corrected chi connectivity index (χ2v) is 3.99. The molecule has 0 aliphatic rings. The van der Waals surface area contributed by atoms with Gasteiger partial charge in [0.1, 0.15) is 11.5 Å². The van der Waals surface area contributed by atoms with Crippen LogP contribution >= 0.6 is 0 Å². The van der Waals surface area contributed by atoms with Crippen LogP contribution < -0.4 is 9.47 Å². The Labute approximate surface area is 153 Å². The topological polar surface area (TPSA) is 93.1 Å². The third-order valence-electron chi connectivity index (χ3n) is 2.21. The molecule has 0 aliphatic heterocycles. The predicted molar refractivity (Wildman–Crippen MR) is 79.1 cm³/mol. The van der Waals surface area contributed by atoms with Crippen molar-refractivity contribution in [3.63, 3.8) is 0 Å². The van der Waals surface area contributed by atoms with E-state index in [2.05, 4.69) is 0 Å². The van der Waals surface area contributed by atoms with E-state index in [1.807, 2.05) is 12.1 Å². The summed E-state index contributed by atoms with van der Waals surface area (Å²) in [6.07, 6.45) is 0. The van der Waals surface area contributed by atoms with Crippen LogP contribution in [0.2, 0.25) is 0 Å².